The SMILES string of the molecule is CCCNCc1nnnn1-c1c(C)cc(C)cc1C. The molecule has 0 spiro atoms. The molecule has 0 aliphatic rings. The number of hydrogen-bond acceptors (Lipinski definition) is 4. The predicted molar refractivity (Wildman–Crippen MR) is 75.4 cm³/mol. The van der Waals surface area contributed by atoms with E-state index in [0.29, 0.717) is 6.54 Å². The summed E-state index contributed by atoms with van der Waals surface area (Å²) in [6.07, 6.45) is 1.10. The average molecular weight is 259 g/mol. The Balaban J connectivity index is 2.35. The molecule has 102 valence electrons. The van der Waals surface area contributed by atoms with Gasteiger partial charge in [0.05, 0.1) is 12.2 Å². The van der Waals surface area contributed by atoms with E-state index in [2.05, 4.69) is 60.7 Å². The molecular formula is C14H21N5. The van der Waals surface area contributed by atoms with Gasteiger partial charge in [-0.25, -0.2) is 0 Å². The number of nitrogens with zero attached hydrogens (tertiary/aromatic N) is 4. The zero-order valence-electron chi connectivity index (χ0n) is 12.1. The third-order valence-electron chi connectivity index (χ3n) is 3.09. The first kappa shape index (κ1) is 13.7. The van der Waals surface area contributed by atoms with Crippen LogP contribution < -0.4 is 5.32 Å². The summed E-state index contributed by atoms with van der Waals surface area (Å²) < 4.78 is 1.84. The fraction of sp³-hybridized carbons (Fsp3) is 0.500. The summed E-state index contributed by atoms with van der Waals surface area (Å²) in [7, 11) is 0. The van der Waals surface area contributed by atoms with E-state index in [-0.39, 0.29) is 0 Å². The predicted octanol–water partition coefficient (Wildman–Crippen LogP) is 2.09. The third kappa shape index (κ3) is 2.98. The summed E-state index contributed by atoms with van der Waals surface area (Å²) in [6, 6.07) is 4.32. The van der Waals surface area contributed by atoms with E-state index in [0.717, 1.165) is 24.5 Å². The van der Waals surface area contributed by atoms with Crippen LogP contribution in [-0.2, 0) is 6.54 Å². The maximum Gasteiger partial charge on any atom is 0.170 e. The lowest BCUT2D eigenvalue weighted by molar-refractivity contribution is 0.631. The molecule has 5 nitrogen and oxygen atoms in total. The lowest BCUT2D eigenvalue weighted by atomic mass is 10.1. The summed E-state index contributed by atoms with van der Waals surface area (Å²) in [5, 5.41) is 15.4. The molecule has 1 heterocycles. The van der Waals surface area contributed by atoms with Gasteiger partial charge in [-0.1, -0.05) is 24.6 Å². The van der Waals surface area contributed by atoms with Crippen LogP contribution >= 0.6 is 0 Å². The molecule has 2 aromatic rings. The van der Waals surface area contributed by atoms with Crippen LogP contribution in [0.2, 0.25) is 0 Å². The molecule has 0 saturated heterocycles. The largest absolute Gasteiger partial charge is 0.310 e. The average Bonchev–Trinajstić information content (AvgIpc) is 2.76. The van der Waals surface area contributed by atoms with Gasteiger partial charge in [-0.05, 0) is 55.3 Å². The van der Waals surface area contributed by atoms with Crippen LogP contribution in [-0.4, -0.2) is 26.8 Å². The first-order valence-corrected chi connectivity index (χ1v) is 6.69. The minimum absolute atomic E-state index is 0.688. The van der Waals surface area contributed by atoms with Crippen LogP contribution in [0.25, 0.3) is 5.69 Å². The quantitative estimate of drug-likeness (QED) is 0.835. The van der Waals surface area contributed by atoms with Gasteiger partial charge >= 0.3 is 0 Å². The molecule has 0 saturated carbocycles. The molecule has 2 rings (SSSR count). The van der Waals surface area contributed by atoms with Crippen molar-refractivity contribution in [2.24, 2.45) is 0 Å². The van der Waals surface area contributed by atoms with Crippen molar-refractivity contribution in [2.45, 2.75) is 40.7 Å². The van der Waals surface area contributed by atoms with Crippen molar-refractivity contribution in [1.82, 2.24) is 25.5 Å². The number of nitrogens with one attached hydrogen (secondary N) is 1. The Kier molecular flexibility index (Phi) is 4.27. The van der Waals surface area contributed by atoms with Crippen LogP contribution in [0.5, 0.6) is 0 Å². The van der Waals surface area contributed by atoms with E-state index in [4.69, 9.17) is 0 Å². The standard InChI is InChI=1S/C14H21N5/c1-5-6-15-9-13-16-17-18-19(13)14-11(3)7-10(2)8-12(14)4/h7-8,15H,5-6,9H2,1-4H3. The lowest BCUT2D eigenvalue weighted by Gasteiger charge is -2.12. The highest BCUT2D eigenvalue weighted by molar-refractivity contribution is 5.48. The number of aryl methyl sites for hydroxylation is 3. The number of aromatic nitrogens is 4. The van der Waals surface area contributed by atoms with Crippen molar-refractivity contribution in [2.75, 3.05) is 6.54 Å². The van der Waals surface area contributed by atoms with Crippen LogP contribution in [0, 0.1) is 20.8 Å². The molecule has 0 atom stereocenters. The molecule has 0 aliphatic carbocycles. The fourth-order valence-electron chi connectivity index (χ4n) is 2.37. The van der Waals surface area contributed by atoms with Crippen LogP contribution in [0.3, 0.4) is 0 Å². The molecule has 0 fully saturated rings. The molecule has 5 heteroatoms. The molecule has 0 bridgehead atoms. The van der Waals surface area contributed by atoms with Gasteiger partial charge in [-0.15, -0.1) is 5.10 Å². The van der Waals surface area contributed by atoms with Crippen LogP contribution in [0.1, 0.15) is 35.9 Å². The highest BCUT2D eigenvalue weighted by Gasteiger charge is 2.12. The van der Waals surface area contributed by atoms with E-state index in [9.17, 15) is 0 Å². The fourth-order valence-corrected chi connectivity index (χ4v) is 2.37. The first-order chi connectivity index (χ1) is 9.13. The van der Waals surface area contributed by atoms with Crippen LogP contribution in [0.4, 0.5) is 0 Å². The molecule has 1 N–H and O–H groups in total. The van der Waals surface area contributed by atoms with Gasteiger partial charge in [0.15, 0.2) is 5.82 Å². The van der Waals surface area contributed by atoms with Crippen molar-refractivity contribution in [3.63, 3.8) is 0 Å². The summed E-state index contributed by atoms with van der Waals surface area (Å²) >= 11 is 0. The topological polar surface area (TPSA) is 55.6 Å². The smallest absolute Gasteiger partial charge is 0.170 e. The first-order valence-electron chi connectivity index (χ1n) is 6.69. The third-order valence-corrected chi connectivity index (χ3v) is 3.09. The molecule has 0 amide bonds. The van der Waals surface area contributed by atoms with E-state index < -0.39 is 0 Å². The molecule has 0 radical (unpaired) electrons. The van der Waals surface area contributed by atoms with Crippen molar-refractivity contribution < 1.29 is 0 Å². The van der Waals surface area contributed by atoms with Gasteiger partial charge in [0.2, 0.25) is 0 Å². The minimum Gasteiger partial charge on any atom is -0.310 e. The van der Waals surface area contributed by atoms with Gasteiger partial charge < -0.3 is 5.32 Å². The summed E-state index contributed by atoms with van der Waals surface area (Å²) in [5.41, 5.74) is 4.74. The monoisotopic (exact) mass is 259 g/mol. The second kappa shape index (κ2) is 5.93. The maximum atomic E-state index is 4.13. The van der Waals surface area contributed by atoms with Crippen LogP contribution in [0.15, 0.2) is 12.1 Å². The van der Waals surface area contributed by atoms with E-state index in [1.54, 1.807) is 0 Å². The second-order valence-corrected chi connectivity index (χ2v) is 4.93. The van der Waals surface area contributed by atoms with Crippen molar-refractivity contribution in [1.29, 1.82) is 0 Å². The normalized spacial score (nSPS) is 10.9. The highest BCUT2D eigenvalue weighted by atomic mass is 15.5. The zero-order valence-corrected chi connectivity index (χ0v) is 12.1. The lowest BCUT2D eigenvalue weighted by Crippen LogP contribution is -2.18. The van der Waals surface area contributed by atoms with E-state index in [1.165, 1.54) is 16.7 Å². The summed E-state index contributed by atoms with van der Waals surface area (Å²) in [4.78, 5) is 0. The van der Waals surface area contributed by atoms with Gasteiger partial charge in [0.25, 0.3) is 0 Å². The molecule has 19 heavy (non-hydrogen) atoms. The van der Waals surface area contributed by atoms with Gasteiger partial charge in [0, 0.05) is 0 Å². The van der Waals surface area contributed by atoms with E-state index in [1.807, 2.05) is 4.68 Å². The van der Waals surface area contributed by atoms with Gasteiger partial charge in [-0.2, -0.15) is 4.68 Å². The molecule has 0 unspecified atom stereocenters. The number of rotatable bonds is 5. The number of tetrazole rings is 1. The summed E-state index contributed by atoms with van der Waals surface area (Å²) in [6.45, 7) is 10.1. The van der Waals surface area contributed by atoms with Gasteiger partial charge in [0.1, 0.15) is 0 Å². The van der Waals surface area contributed by atoms with Gasteiger partial charge in [-0.3, -0.25) is 0 Å². The van der Waals surface area contributed by atoms with Crippen molar-refractivity contribution in [3.05, 3.63) is 34.6 Å². The van der Waals surface area contributed by atoms with Crippen molar-refractivity contribution in [3.8, 4) is 5.69 Å². The Morgan fingerprint density at radius 3 is 2.47 bits per heavy atom. The Morgan fingerprint density at radius 2 is 1.84 bits per heavy atom. The Morgan fingerprint density at radius 1 is 1.16 bits per heavy atom. The highest BCUT2D eigenvalue weighted by Crippen LogP contribution is 2.20. The summed E-state index contributed by atoms with van der Waals surface area (Å²) in [5.74, 6) is 0.850. The van der Waals surface area contributed by atoms with Crippen molar-refractivity contribution >= 4 is 0 Å². The Labute approximate surface area is 114 Å². The number of benzene rings is 1. The minimum atomic E-state index is 0.688. The molecule has 0 aliphatic heterocycles. The zero-order chi connectivity index (χ0) is 13.8. The van der Waals surface area contributed by atoms with E-state index >= 15 is 0 Å². The Hall–Kier alpha value is -1.75. The molecular weight excluding hydrogens is 238 g/mol. The molecule has 1 aromatic carbocycles. The number of hydrogen-bond donors (Lipinski definition) is 1. The second-order valence-electron chi connectivity index (χ2n) is 4.93. The Bertz CT molecular complexity index is 536. The maximum absolute atomic E-state index is 4.13. The molecule has 1 aromatic heterocycles.